The van der Waals surface area contributed by atoms with Gasteiger partial charge in [0.25, 0.3) is 0 Å². The van der Waals surface area contributed by atoms with Gasteiger partial charge in [-0.05, 0) is 31.6 Å². The van der Waals surface area contributed by atoms with Gasteiger partial charge in [0.2, 0.25) is 0 Å². The van der Waals surface area contributed by atoms with Gasteiger partial charge in [0, 0.05) is 19.1 Å². The van der Waals surface area contributed by atoms with Gasteiger partial charge >= 0.3 is 12.0 Å². The van der Waals surface area contributed by atoms with Gasteiger partial charge in [-0.3, -0.25) is 4.79 Å². The second-order valence-electron chi connectivity index (χ2n) is 6.03. The lowest BCUT2D eigenvalue weighted by Gasteiger charge is -2.22. The van der Waals surface area contributed by atoms with Crippen LogP contribution in [0.5, 0.6) is 0 Å². The lowest BCUT2D eigenvalue weighted by molar-refractivity contribution is -0.141. The van der Waals surface area contributed by atoms with Crippen LogP contribution in [0.3, 0.4) is 0 Å². The van der Waals surface area contributed by atoms with Gasteiger partial charge in [-0.1, -0.05) is 19.8 Å². The highest BCUT2D eigenvalue weighted by atomic mass is 16.4. The highest BCUT2D eigenvalue weighted by Crippen LogP contribution is 2.23. The first kappa shape index (κ1) is 14.2. The number of amides is 2. The molecule has 0 aromatic heterocycles. The van der Waals surface area contributed by atoms with E-state index in [1.54, 1.807) is 4.90 Å². The van der Waals surface area contributed by atoms with E-state index in [1.807, 2.05) is 0 Å². The van der Waals surface area contributed by atoms with E-state index < -0.39 is 5.97 Å². The Morgan fingerprint density at radius 1 is 1.16 bits per heavy atom. The Hall–Kier alpha value is -1.26. The predicted molar refractivity (Wildman–Crippen MR) is 71.9 cm³/mol. The van der Waals surface area contributed by atoms with E-state index in [1.165, 1.54) is 19.3 Å². The van der Waals surface area contributed by atoms with E-state index in [-0.39, 0.29) is 18.0 Å². The number of carbonyl (C=O) groups is 2. The fourth-order valence-electron chi connectivity index (χ4n) is 3.04. The van der Waals surface area contributed by atoms with Crippen LogP contribution >= 0.6 is 0 Å². The first-order valence-electron chi connectivity index (χ1n) is 7.34. The van der Waals surface area contributed by atoms with E-state index in [4.69, 9.17) is 5.11 Å². The Morgan fingerprint density at radius 2 is 1.95 bits per heavy atom. The molecule has 5 heteroatoms. The van der Waals surface area contributed by atoms with E-state index in [9.17, 15) is 9.59 Å². The van der Waals surface area contributed by atoms with Gasteiger partial charge in [-0.15, -0.1) is 0 Å². The average Bonchev–Trinajstić information content (AvgIpc) is 2.77. The monoisotopic (exact) mass is 268 g/mol. The summed E-state index contributed by atoms with van der Waals surface area (Å²) in [6, 6.07) is 0.185. The zero-order valence-corrected chi connectivity index (χ0v) is 11.6. The van der Waals surface area contributed by atoms with Crippen molar-refractivity contribution < 1.29 is 14.7 Å². The van der Waals surface area contributed by atoms with Crippen LogP contribution in [0.2, 0.25) is 0 Å². The second-order valence-corrected chi connectivity index (χ2v) is 6.03. The minimum absolute atomic E-state index is 0.0803. The summed E-state index contributed by atoms with van der Waals surface area (Å²) >= 11 is 0. The number of nitrogens with one attached hydrogen (secondary N) is 1. The molecule has 1 saturated carbocycles. The van der Waals surface area contributed by atoms with Crippen LogP contribution in [0.1, 0.15) is 45.4 Å². The summed E-state index contributed by atoms with van der Waals surface area (Å²) in [6.45, 7) is 3.18. The molecule has 2 fully saturated rings. The quantitative estimate of drug-likeness (QED) is 0.753. The standard InChI is InChI=1S/C14H24N2O3/c1-10-3-2-4-12(6-5-10)15-14(19)16-8-7-11(9-16)13(17)18/h10-12H,2-9H2,1H3,(H,15,19)(H,17,18). The minimum atomic E-state index is -0.793. The van der Waals surface area contributed by atoms with Gasteiger partial charge in [-0.25, -0.2) is 4.79 Å². The zero-order valence-electron chi connectivity index (χ0n) is 11.6. The van der Waals surface area contributed by atoms with Crippen molar-refractivity contribution in [3.8, 4) is 0 Å². The van der Waals surface area contributed by atoms with Crippen molar-refractivity contribution in [2.75, 3.05) is 13.1 Å². The molecule has 2 N–H and O–H groups in total. The number of likely N-dealkylation sites (tertiary alicyclic amines) is 1. The molecule has 0 spiro atoms. The van der Waals surface area contributed by atoms with Gasteiger partial charge in [-0.2, -0.15) is 0 Å². The number of carbonyl (C=O) groups excluding carboxylic acids is 1. The van der Waals surface area contributed by atoms with Crippen LogP contribution in [-0.2, 0) is 4.79 Å². The first-order chi connectivity index (χ1) is 9.06. The summed E-state index contributed by atoms with van der Waals surface area (Å²) < 4.78 is 0. The number of rotatable bonds is 2. The number of carboxylic acid groups (broad SMARTS) is 1. The number of carboxylic acids is 1. The van der Waals surface area contributed by atoms with Crippen molar-refractivity contribution in [3.05, 3.63) is 0 Å². The van der Waals surface area contributed by atoms with Crippen LogP contribution in [0.25, 0.3) is 0 Å². The summed E-state index contributed by atoms with van der Waals surface area (Å²) in [6.07, 6.45) is 6.25. The fraction of sp³-hybridized carbons (Fsp3) is 0.857. The highest BCUT2D eigenvalue weighted by molar-refractivity contribution is 5.77. The molecular weight excluding hydrogens is 244 g/mol. The van der Waals surface area contributed by atoms with Crippen molar-refractivity contribution in [1.29, 1.82) is 0 Å². The van der Waals surface area contributed by atoms with Crippen LogP contribution < -0.4 is 5.32 Å². The van der Waals surface area contributed by atoms with E-state index in [2.05, 4.69) is 12.2 Å². The third-order valence-corrected chi connectivity index (χ3v) is 4.41. The Bertz CT molecular complexity index is 346. The Balaban J connectivity index is 1.79. The molecule has 1 aliphatic heterocycles. The molecule has 5 nitrogen and oxygen atoms in total. The molecule has 1 saturated heterocycles. The molecule has 1 heterocycles. The molecule has 108 valence electrons. The molecule has 1 aliphatic carbocycles. The summed E-state index contributed by atoms with van der Waals surface area (Å²) in [5.41, 5.74) is 0. The maximum absolute atomic E-state index is 12.1. The summed E-state index contributed by atoms with van der Waals surface area (Å²) in [4.78, 5) is 24.6. The van der Waals surface area contributed by atoms with E-state index >= 15 is 0 Å². The molecule has 0 bridgehead atoms. The van der Waals surface area contributed by atoms with Gasteiger partial charge < -0.3 is 15.3 Å². The minimum Gasteiger partial charge on any atom is -0.481 e. The number of nitrogens with zero attached hydrogens (tertiary/aromatic N) is 1. The number of hydrogen-bond acceptors (Lipinski definition) is 2. The van der Waals surface area contributed by atoms with Crippen molar-refractivity contribution in [3.63, 3.8) is 0 Å². The molecule has 3 atom stereocenters. The fourth-order valence-corrected chi connectivity index (χ4v) is 3.04. The lowest BCUT2D eigenvalue weighted by atomic mass is 10.0. The molecule has 2 amide bonds. The zero-order chi connectivity index (χ0) is 13.8. The maximum Gasteiger partial charge on any atom is 0.317 e. The summed E-state index contributed by atoms with van der Waals surface area (Å²) in [7, 11) is 0. The predicted octanol–water partition coefficient (Wildman–Crippen LogP) is 2.07. The van der Waals surface area contributed by atoms with Crippen LogP contribution in [0, 0.1) is 11.8 Å². The second kappa shape index (κ2) is 6.26. The molecule has 0 aromatic rings. The van der Waals surface area contributed by atoms with Gasteiger partial charge in [0.15, 0.2) is 0 Å². The summed E-state index contributed by atoms with van der Waals surface area (Å²) in [5.74, 6) is -0.427. The van der Waals surface area contributed by atoms with Gasteiger partial charge in [0.05, 0.1) is 5.92 Å². The number of hydrogen-bond donors (Lipinski definition) is 2. The molecule has 19 heavy (non-hydrogen) atoms. The van der Waals surface area contributed by atoms with Crippen molar-refractivity contribution in [2.24, 2.45) is 11.8 Å². The molecule has 2 rings (SSSR count). The van der Waals surface area contributed by atoms with E-state index in [0.29, 0.717) is 19.5 Å². The SMILES string of the molecule is CC1CCCC(NC(=O)N2CCC(C(=O)O)C2)CC1. The molecular formula is C14H24N2O3. The van der Waals surface area contributed by atoms with Gasteiger partial charge in [0.1, 0.15) is 0 Å². The normalized spacial score (nSPS) is 31.8. The molecule has 2 aliphatic rings. The van der Waals surface area contributed by atoms with E-state index in [0.717, 1.165) is 18.8 Å². The first-order valence-corrected chi connectivity index (χ1v) is 7.34. The maximum atomic E-state index is 12.1. The molecule has 0 aromatic carbocycles. The molecule has 0 radical (unpaired) electrons. The lowest BCUT2D eigenvalue weighted by Crippen LogP contribution is -2.44. The summed E-state index contributed by atoms with van der Waals surface area (Å²) in [5, 5.41) is 12.0. The average molecular weight is 268 g/mol. The smallest absolute Gasteiger partial charge is 0.317 e. The third-order valence-electron chi connectivity index (χ3n) is 4.41. The van der Waals surface area contributed by atoms with Crippen molar-refractivity contribution >= 4 is 12.0 Å². The Labute approximate surface area is 114 Å². The number of aliphatic carboxylic acids is 1. The third kappa shape index (κ3) is 3.85. The topological polar surface area (TPSA) is 69.6 Å². The van der Waals surface area contributed by atoms with Crippen molar-refractivity contribution in [2.45, 2.75) is 51.5 Å². The van der Waals surface area contributed by atoms with Crippen molar-refractivity contribution in [1.82, 2.24) is 10.2 Å². The molecule has 3 unspecified atom stereocenters. The Kier molecular flexibility index (Phi) is 4.66. The van der Waals surface area contributed by atoms with Crippen LogP contribution in [-0.4, -0.2) is 41.1 Å². The largest absolute Gasteiger partial charge is 0.481 e. The number of urea groups is 1. The van der Waals surface area contributed by atoms with Crippen LogP contribution in [0.15, 0.2) is 0 Å². The Morgan fingerprint density at radius 3 is 2.63 bits per heavy atom. The van der Waals surface area contributed by atoms with Crippen LogP contribution in [0.4, 0.5) is 4.79 Å². The highest BCUT2D eigenvalue weighted by Gasteiger charge is 2.31.